The summed E-state index contributed by atoms with van der Waals surface area (Å²) in [5.74, 6) is 0.717. The molecule has 1 aliphatic heterocycles. The molecule has 0 spiro atoms. The van der Waals surface area contributed by atoms with Gasteiger partial charge in [-0.15, -0.1) is 0 Å². The van der Waals surface area contributed by atoms with Crippen LogP contribution in [0.3, 0.4) is 0 Å². The molecule has 0 saturated carbocycles. The minimum atomic E-state index is 0.345. The van der Waals surface area contributed by atoms with Crippen LogP contribution in [-0.4, -0.2) is 12.7 Å². The molecule has 0 aromatic heterocycles. The molecule has 2 heteroatoms. The van der Waals surface area contributed by atoms with Crippen molar-refractivity contribution in [3.63, 3.8) is 0 Å². The molecule has 0 aliphatic carbocycles. The van der Waals surface area contributed by atoms with Gasteiger partial charge in [0.05, 0.1) is 12.7 Å². The second kappa shape index (κ2) is 4.27. The Labute approximate surface area is 76.9 Å². The van der Waals surface area contributed by atoms with Crippen LogP contribution in [0.25, 0.3) is 0 Å². The number of halogens is 1. The monoisotopic (exact) mass is 218 g/mol. The van der Waals surface area contributed by atoms with Crippen LogP contribution in [0.15, 0.2) is 10.6 Å². The van der Waals surface area contributed by atoms with Gasteiger partial charge in [-0.3, -0.25) is 0 Å². The van der Waals surface area contributed by atoms with Crippen LogP contribution < -0.4 is 0 Å². The first kappa shape index (κ1) is 9.27. The highest BCUT2D eigenvalue weighted by atomic mass is 79.9. The Morgan fingerprint density at radius 1 is 1.73 bits per heavy atom. The van der Waals surface area contributed by atoms with Crippen molar-refractivity contribution in [2.24, 2.45) is 5.92 Å². The third kappa shape index (κ3) is 3.39. The average molecular weight is 219 g/mol. The third-order valence-corrected chi connectivity index (χ3v) is 2.40. The van der Waals surface area contributed by atoms with Gasteiger partial charge in [0, 0.05) is 6.42 Å². The van der Waals surface area contributed by atoms with E-state index in [1.807, 2.05) is 0 Å². The van der Waals surface area contributed by atoms with Gasteiger partial charge in [-0.2, -0.15) is 0 Å². The van der Waals surface area contributed by atoms with Crippen molar-refractivity contribution in [3.05, 3.63) is 10.6 Å². The van der Waals surface area contributed by atoms with E-state index < -0.39 is 0 Å². The summed E-state index contributed by atoms with van der Waals surface area (Å²) in [6, 6.07) is 0. The fourth-order valence-corrected chi connectivity index (χ4v) is 1.70. The minimum absolute atomic E-state index is 0.345. The summed E-state index contributed by atoms with van der Waals surface area (Å²) in [5, 5.41) is 0. The highest BCUT2D eigenvalue weighted by Crippen LogP contribution is 2.21. The molecule has 0 aromatic rings. The molecule has 0 saturated heterocycles. The SMILES string of the molecule is CC(C)CC1C=C(Br)CCO1. The summed E-state index contributed by atoms with van der Waals surface area (Å²) in [6.07, 6.45) is 4.70. The predicted octanol–water partition coefficient (Wildman–Crippen LogP) is 3.10. The largest absolute Gasteiger partial charge is 0.374 e. The van der Waals surface area contributed by atoms with Crippen LogP contribution in [0, 0.1) is 5.92 Å². The van der Waals surface area contributed by atoms with Gasteiger partial charge in [0.15, 0.2) is 0 Å². The molecule has 1 rings (SSSR count). The maximum absolute atomic E-state index is 5.55. The van der Waals surface area contributed by atoms with Gasteiger partial charge in [-0.05, 0) is 22.9 Å². The summed E-state index contributed by atoms with van der Waals surface area (Å²) >= 11 is 3.50. The van der Waals surface area contributed by atoms with Crippen molar-refractivity contribution in [2.75, 3.05) is 6.61 Å². The van der Waals surface area contributed by atoms with Crippen molar-refractivity contribution in [1.29, 1.82) is 0 Å². The smallest absolute Gasteiger partial charge is 0.0769 e. The van der Waals surface area contributed by atoms with E-state index in [1.165, 1.54) is 4.48 Å². The Morgan fingerprint density at radius 3 is 3.00 bits per heavy atom. The van der Waals surface area contributed by atoms with Gasteiger partial charge >= 0.3 is 0 Å². The first-order chi connectivity index (χ1) is 5.18. The second-order valence-electron chi connectivity index (χ2n) is 3.40. The van der Waals surface area contributed by atoms with Crippen molar-refractivity contribution in [1.82, 2.24) is 0 Å². The van der Waals surface area contributed by atoms with Gasteiger partial charge in [0.1, 0.15) is 0 Å². The lowest BCUT2D eigenvalue weighted by Crippen LogP contribution is -2.17. The van der Waals surface area contributed by atoms with Crippen molar-refractivity contribution in [2.45, 2.75) is 32.8 Å². The molecular weight excluding hydrogens is 204 g/mol. The van der Waals surface area contributed by atoms with E-state index in [1.54, 1.807) is 0 Å². The lowest BCUT2D eigenvalue weighted by atomic mass is 10.0. The van der Waals surface area contributed by atoms with Gasteiger partial charge in [0.2, 0.25) is 0 Å². The Hall–Kier alpha value is 0.180. The first-order valence-corrected chi connectivity index (χ1v) is 4.95. The molecule has 64 valence electrons. The number of rotatable bonds is 2. The van der Waals surface area contributed by atoms with E-state index >= 15 is 0 Å². The molecular formula is C9H15BrO. The molecule has 1 atom stereocenters. The Morgan fingerprint density at radius 2 is 2.45 bits per heavy atom. The Balaban J connectivity index is 2.39. The summed E-state index contributed by atoms with van der Waals surface area (Å²) < 4.78 is 6.85. The number of hydrogen-bond acceptors (Lipinski definition) is 1. The van der Waals surface area contributed by atoms with Crippen molar-refractivity contribution in [3.8, 4) is 0 Å². The molecule has 0 aromatic carbocycles. The zero-order valence-corrected chi connectivity index (χ0v) is 8.73. The van der Waals surface area contributed by atoms with E-state index in [4.69, 9.17) is 4.74 Å². The quantitative estimate of drug-likeness (QED) is 0.693. The first-order valence-electron chi connectivity index (χ1n) is 4.16. The van der Waals surface area contributed by atoms with Crippen LogP contribution in [0.5, 0.6) is 0 Å². The fraction of sp³-hybridized carbons (Fsp3) is 0.778. The predicted molar refractivity (Wildman–Crippen MR) is 50.8 cm³/mol. The maximum atomic E-state index is 5.55. The molecule has 1 unspecified atom stereocenters. The van der Waals surface area contributed by atoms with E-state index in [-0.39, 0.29) is 0 Å². The maximum Gasteiger partial charge on any atom is 0.0769 e. The average Bonchev–Trinajstić information content (AvgIpc) is 1.85. The van der Waals surface area contributed by atoms with Crippen LogP contribution >= 0.6 is 15.9 Å². The zero-order chi connectivity index (χ0) is 8.27. The highest BCUT2D eigenvalue weighted by Gasteiger charge is 2.13. The van der Waals surface area contributed by atoms with Crippen LogP contribution in [0.1, 0.15) is 26.7 Å². The van der Waals surface area contributed by atoms with Crippen LogP contribution in [-0.2, 0) is 4.74 Å². The highest BCUT2D eigenvalue weighted by molar-refractivity contribution is 9.11. The van der Waals surface area contributed by atoms with Crippen molar-refractivity contribution < 1.29 is 4.74 Å². The number of ether oxygens (including phenoxy) is 1. The normalized spacial score (nSPS) is 25.5. The Kier molecular flexibility index (Phi) is 3.60. The van der Waals surface area contributed by atoms with E-state index in [9.17, 15) is 0 Å². The van der Waals surface area contributed by atoms with Gasteiger partial charge in [0.25, 0.3) is 0 Å². The summed E-state index contributed by atoms with van der Waals surface area (Å²) in [4.78, 5) is 0. The summed E-state index contributed by atoms with van der Waals surface area (Å²) in [6.45, 7) is 5.31. The molecule has 11 heavy (non-hydrogen) atoms. The van der Waals surface area contributed by atoms with Gasteiger partial charge < -0.3 is 4.74 Å². The molecule has 1 heterocycles. The van der Waals surface area contributed by atoms with Crippen LogP contribution in [0.4, 0.5) is 0 Å². The summed E-state index contributed by atoms with van der Waals surface area (Å²) in [7, 11) is 0. The van der Waals surface area contributed by atoms with E-state index in [2.05, 4.69) is 35.9 Å². The third-order valence-electron chi connectivity index (χ3n) is 1.74. The van der Waals surface area contributed by atoms with E-state index in [0.29, 0.717) is 6.10 Å². The molecule has 1 aliphatic rings. The second-order valence-corrected chi connectivity index (χ2v) is 4.42. The molecule has 0 radical (unpaired) electrons. The lowest BCUT2D eigenvalue weighted by molar-refractivity contribution is 0.0653. The van der Waals surface area contributed by atoms with Gasteiger partial charge in [-0.25, -0.2) is 0 Å². The lowest BCUT2D eigenvalue weighted by Gasteiger charge is -2.20. The molecule has 0 N–H and O–H groups in total. The van der Waals surface area contributed by atoms with Crippen molar-refractivity contribution >= 4 is 15.9 Å². The number of hydrogen-bond donors (Lipinski definition) is 0. The zero-order valence-electron chi connectivity index (χ0n) is 7.14. The minimum Gasteiger partial charge on any atom is -0.374 e. The molecule has 0 amide bonds. The topological polar surface area (TPSA) is 9.23 Å². The molecule has 0 fully saturated rings. The molecule has 0 bridgehead atoms. The summed E-state index contributed by atoms with van der Waals surface area (Å²) in [5.41, 5.74) is 0. The molecule has 1 nitrogen and oxygen atoms in total. The van der Waals surface area contributed by atoms with Gasteiger partial charge in [-0.1, -0.05) is 29.8 Å². The van der Waals surface area contributed by atoms with E-state index in [0.717, 1.165) is 25.4 Å². The van der Waals surface area contributed by atoms with Crippen LogP contribution in [0.2, 0.25) is 0 Å². The Bertz CT molecular complexity index is 152. The fourth-order valence-electron chi connectivity index (χ4n) is 1.24. The standard InChI is InChI=1S/C9H15BrO/c1-7(2)5-9-6-8(10)3-4-11-9/h6-7,9H,3-5H2,1-2H3.